The zero-order chi connectivity index (χ0) is 39.3. The molecule has 288 valence electrons. The lowest BCUT2D eigenvalue weighted by Crippen LogP contribution is -2.47. The van der Waals surface area contributed by atoms with E-state index in [-0.39, 0.29) is 33.5 Å². The van der Waals surface area contributed by atoms with Crippen molar-refractivity contribution < 1.29 is 81.5 Å². The predicted octanol–water partition coefficient (Wildman–Crippen LogP) is -0.619. The third kappa shape index (κ3) is 8.00. The Bertz CT molecular complexity index is 2530. The average Bonchev–Trinajstić information content (AvgIpc) is 3.46. The maximum absolute atomic E-state index is 13.3. The van der Waals surface area contributed by atoms with E-state index in [9.17, 15) is 76.9 Å². The highest BCUT2D eigenvalue weighted by atomic mass is 32.2. The number of anilines is 3. The van der Waals surface area contributed by atoms with E-state index in [4.69, 9.17) is 9.47 Å². The maximum Gasteiger partial charge on any atom is 0.315 e. The van der Waals surface area contributed by atoms with Gasteiger partial charge in [-0.25, -0.2) is 0 Å². The Kier molecular flexibility index (Phi) is 11.2. The molecule has 0 aliphatic carbocycles. The quantitative estimate of drug-likeness (QED) is 0.0752. The molecule has 0 saturated heterocycles. The minimum atomic E-state index is -5.95. The zero-order valence-electron chi connectivity index (χ0n) is 25.8. The average molecular weight is 832 g/mol. The van der Waals surface area contributed by atoms with Crippen LogP contribution in [-0.4, -0.2) is 93.2 Å². The Morgan fingerprint density at radius 1 is 0.755 bits per heavy atom. The van der Waals surface area contributed by atoms with Gasteiger partial charge in [0.15, 0.2) is 21.3 Å². The summed E-state index contributed by atoms with van der Waals surface area (Å²) in [5.41, 5.74) is -4.15. The molecule has 53 heavy (non-hydrogen) atoms. The number of methoxy groups -OCH3 is 2. The van der Waals surface area contributed by atoms with Gasteiger partial charge in [-0.05, 0) is 24.3 Å². The molecular weight excluding hydrogens is 811 g/mol. The number of benzene rings is 3. The van der Waals surface area contributed by atoms with Crippen molar-refractivity contribution in [2.24, 2.45) is 5.10 Å². The highest BCUT2D eigenvalue weighted by Crippen LogP contribution is 2.49. The van der Waals surface area contributed by atoms with E-state index >= 15 is 0 Å². The molecular formula is C22H21N7O20S4. The van der Waals surface area contributed by atoms with Crippen molar-refractivity contribution in [1.29, 1.82) is 0 Å². The molecule has 4 rings (SSSR count). The van der Waals surface area contributed by atoms with Crippen molar-refractivity contribution in [3.63, 3.8) is 0 Å². The smallest absolute Gasteiger partial charge is 0.315 e. The van der Waals surface area contributed by atoms with Gasteiger partial charge in [0, 0.05) is 5.69 Å². The van der Waals surface area contributed by atoms with Crippen LogP contribution in [0.1, 0.15) is 0 Å². The SMILES string of the molecule is COc1c(N2N=C(C(=O)Nc3ccccc3)NN2c2cc(S(=O)(=O)O)c([N+](=O)[O-])c(S(=O)(=O)O)c2OC)cc(S(=O)(=O)O)c([N+](=O)[O-])c1S(=O)(=O)O.O. The standard InChI is InChI=1S/C22H19N7O19S4.H2O/c1-47-17-11(8-13(49(35,36)37)15(28(31)32)19(17)51(41,42)43)26-24-21(22(30)23-10-6-4-3-5-7-10)25-27(26)12-9-14(50(38,39)40)16(29(33)34)20(18(12)48-2)52(44,45)46;/h3-9H,1-2H3,(H,23,30)(H,24,25)(H,35,36,37)(H,38,39,40)(H,41,42,43)(H,44,45,46);1H2. The normalized spacial score (nSPS) is 13.4. The number of nitrogens with one attached hydrogen (secondary N) is 2. The first-order valence-corrected chi connectivity index (χ1v) is 18.6. The number of hydrogen-bond donors (Lipinski definition) is 6. The molecule has 0 spiro atoms. The van der Waals surface area contributed by atoms with Gasteiger partial charge in [-0.2, -0.15) is 38.8 Å². The first-order chi connectivity index (χ1) is 23.8. The first kappa shape index (κ1) is 41.6. The van der Waals surface area contributed by atoms with Crippen LogP contribution in [0.25, 0.3) is 0 Å². The van der Waals surface area contributed by atoms with Gasteiger partial charge < -0.3 is 20.3 Å². The van der Waals surface area contributed by atoms with Crippen molar-refractivity contribution in [3.8, 4) is 11.5 Å². The summed E-state index contributed by atoms with van der Waals surface area (Å²) in [5, 5.41) is 30.2. The number of amidine groups is 1. The van der Waals surface area contributed by atoms with E-state index < -0.39 is 116 Å². The summed E-state index contributed by atoms with van der Waals surface area (Å²) in [6.45, 7) is 0. The van der Waals surface area contributed by atoms with Crippen LogP contribution in [-0.2, 0) is 45.3 Å². The Morgan fingerprint density at radius 2 is 1.17 bits per heavy atom. The Morgan fingerprint density at radius 3 is 1.55 bits per heavy atom. The van der Waals surface area contributed by atoms with E-state index in [1.807, 2.05) is 0 Å². The summed E-state index contributed by atoms with van der Waals surface area (Å²) in [5.74, 6) is -4.98. The molecule has 1 heterocycles. The molecule has 0 aromatic heterocycles. The third-order valence-electron chi connectivity index (χ3n) is 6.44. The van der Waals surface area contributed by atoms with Crippen molar-refractivity contribution in [2.75, 3.05) is 29.8 Å². The number of hydrogen-bond acceptors (Lipinski definition) is 19. The van der Waals surface area contributed by atoms with Gasteiger partial charge in [0.1, 0.15) is 11.4 Å². The van der Waals surface area contributed by atoms with E-state index in [0.29, 0.717) is 14.2 Å². The summed E-state index contributed by atoms with van der Waals surface area (Å²) in [7, 11) is -22.4. The molecule has 0 atom stereocenters. The molecule has 0 bridgehead atoms. The van der Waals surface area contributed by atoms with Gasteiger partial charge in [0.2, 0.25) is 15.6 Å². The molecule has 1 amide bonds. The molecule has 1 aliphatic heterocycles. The van der Waals surface area contributed by atoms with Crippen LogP contribution in [0.15, 0.2) is 67.1 Å². The maximum atomic E-state index is 13.3. The van der Waals surface area contributed by atoms with Crippen LogP contribution in [0.3, 0.4) is 0 Å². The predicted molar refractivity (Wildman–Crippen MR) is 173 cm³/mol. The topological polar surface area (TPSA) is 414 Å². The number of hydrazine groups is 2. The molecule has 3 aromatic rings. The molecule has 0 saturated carbocycles. The number of carbonyl (C=O) groups excluding carboxylic acids is 1. The van der Waals surface area contributed by atoms with Crippen LogP contribution in [0.5, 0.6) is 11.5 Å². The molecule has 31 heteroatoms. The molecule has 27 nitrogen and oxygen atoms in total. The van der Waals surface area contributed by atoms with Crippen molar-refractivity contribution in [2.45, 2.75) is 19.6 Å². The molecule has 0 unspecified atom stereocenters. The summed E-state index contributed by atoms with van der Waals surface area (Å²) in [4.78, 5) is 26.2. The number of nitro benzene ring substituents is 2. The van der Waals surface area contributed by atoms with Gasteiger partial charge in [0.25, 0.3) is 5.91 Å². The lowest BCUT2D eigenvalue weighted by atomic mass is 10.2. The summed E-state index contributed by atoms with van der Waals surface area (Å²) in [6, 6.07) is 7.39. The first-order valence-electron chi connectivity index (χ1n) is 12.8. The second-order valence-corrected chi connectivity index (χ2v) is 15.1. The summed E-state index contributed by atoms with van der Waals surface area (Å²) >= 11 is 0. The fraction of sp³-hybridized carbons (Fsp3) is 0.0909. The number of carbonyl (C=O) groups is 1. The fourth-order valence-corrected chi connectivity index (χ4v) is 7.74. The number of nitrogens with zero attached hydrogens (tertiary/aromatic N) is 5. The van der Waals surface area contributed by atoms with Crippen LogP contribution in [0.2, 0.25) is 0 Å². The minimum absolute atomic E-state index is 0. The van der Waals surface area contributed by atoms with Gasteiger partial charge in [0.05, 0.1) is 24.1 Å². The molecule has 0 radical (unpaired) electrons. The fourth-order valence-electron chi connectivity index (χ4n) is 4.55. The Balaban J connectivity index is 0.00000756. The van der Waals surface area contributed by atoms with Gasteiger partial charge >= 0.3 is 51.8 Å². The molecule has 8 N–H and O–H groups in total. The van der Waals surface area contributed by atoms with Crippen LogP contribution < -0.4 is 30.5 Å². The van der Waals surface area contributed by atoms with Crippen LogP contribution >= 0.6 is 0 Å². The lowest BCUT2D eigenvalue weighted by Gasteiger charge is -2.30. The van der Waals surface area contributed by atoms with Crippen LogP contribution in [0, 0.1) is 20.2 Å². The van der Waals surface area contributed by atoms with Gasteiger partial charge in [-0.1, -0.05) is 18.2 Å². The number of hydrazone groups is 1. The number of para-hydroxylation sites is 1. The monoisotopic (exact) mass is 831 g/mol. The highest BCUT2D eigenvalue weighted by molar-refractivity contribution is 7.87. The largest absolute Gasteiger partial charge is 0.493 e. The second-order valence-electron chi connectivity index (χ2n) is 9.61. The van der Waals surface area contributed by atoms with E-state index in [0.717, 1.165) is 0 Å². The minimum Gasteiger partial charge on any atom is -0.493 e. The zero-order valence-corrected chi connectivity index (χ0v) is 29.1. The number of nitro groups is 2. The Labute approximate surface area is 295 Å². The lowest BCUT2D eigenvalue weighted by molar-refractivity contribution is -0.391. The van der Waals surface area contributed by atoms with Gasteiger partial charge in [-0.3, -0.25) is 48.7 Å². The van der Waals surface area contributed by atoms with E-state index in [1.54, 1.807) is 6.07 Å². The number of rotatable bonds is 12. The van der Waals surface area contributed by atoms with E-state index in [1.165, 1.54) is 24.3 Å². The number of amides is 1. The summed E-state index contributed by atoms with van der Waals surface area (Å²) in [6.07, 6.45) is 0. The molecule has 1 aliphatic rings. The van der Waals surface area contributed by atoms with Crippen molar-refractivity contribution in [1.82, 2.24) is 5.43 Å². The molecule has 0 fully saturated rings. The third-order valence-corrected chi connectivity index (χ3v) is 9.97. The van der Waals surface area contributed by atoms with E-state index in [2.05, 4.69) is 15.8 Å². The van der Waals surface area contributed by atoms with Gasteiger partial charge in [-0.15, -0.1) is 10.2 Å². The van der Waals surface area contributed by atoms with Crippen molar-refractivity contribution in [3.05, 3.63) is 62.7 Å². The second kappa shape index (κ2) is 14.3. The highest BCUT2D eigenvalue weighted by Gasteiger charge is 2.46. The van der Waals surface area contributed by atoms with Crippen molar-refractivity contribution >= 4 is 80.7 Å². The van der Waals surface area contributed by atoms with Crippen LogP contribution in [0.4, 0.5) is 28.4 Å². The summed E-state index contributed by atoms with van der Waals surface area (Å²) < 4.78 is 149. The number of ether oxygens (including phenoxy) is 2. The Hall–Kier alpha value is -5.80. The molecule has 3 aromatic carbocycles.